The first-order valence-corrected chi connectivity index (χ1v) is 8.58. The van der Waals surface area contributed by atoms with Crippen LogP contribution in [0, 0.1) is 13.0 Å². The summed E-state index contributed by atoms with van der Waals surface area (Å²) in [6.07, 6.45) is 2.89. The number of rotatable bonds is 2. The van der Waals surface area contributed by atoms with Gasteiger partial charge in [-0.3, -0.25) is 9.78 Å². The Hall–Kier alpha value is -2.75. The molecule has 0 aliphatic rings. The van der Waals surface area contributed by atoms with E-state index in [2.05, 4.69) is 25.1 Å². The van der Waals surface area contributed by atoms with Gasteiger partial charge in [-0.15, -0.1) is 35.4 Å². The van der Waals surface area contributed by atoms with Crippen LogP contribution >= 0.6 is 0 Å². The summed E-state index contributed by atoms with van der Waals surface area (Å²) in [5.74, 6) is -0.0625. The Morgan fingerprint density at radius 2 is 1.86 bits per heavy atom. The summed E-state index contributed by atoms with van der Waals surface area (Å²) in [5.41, 5.74) is 4.94. The summed E-state index contributed by atoms with van der Waals surface area (Å²) < 4.78 is 5.66. The number of aliphatic hydroxyl groups excluding tert-OH is 1. The van der Waals surface area contributed by atoms with Crippen LogP contribution in [0.1, 0.15) is 19.4 Å². The number of aliphatic hydroxyl groups is 1. The number of pyridine rings is 1. The number of aryl methyl sites for hydroxylation is 1. The molecule has 4 aromatic rings. The van der Waals surface area contributed by atoms with Gasteiger partial charge in [-0.25, -0.2) is 0 Å². The van der Waals surface area contributed by atoms with Crippen LogP contribution < -0.4 is 0 Å². The number of benzene rings is 2. The van der Waals surface area contributed by atoms with E-state index in [9.17, 15) is 4.79 Å². The van der Waals surface area contributed by atoms with Crippen LogP contribution in [-0.4, -0.2) is 15.9 Å². The minimum atomic E-state index is -0.125. The number of para-hydroxylation sites is 1. The molecule has 0 aliphatic heterocycles. The second-order valence-corrected chi connectivity index (χ2v) is 6.32. The van der Waals surface area contributed by atoms with E-state index >= 15 is 0 Å². The van der Waals surface area contributed by atoms with E-state index in [0.29, 0.717) is 0 Å². The molecule has 2 heterocycles. The van der Waals surface area contributed by atoms with E-state index in [4.69, 9.17) is 14.5 Å². The molecule has 0 amide bonds. The third-order valence-electron chi connectivity index (χ3n) is 3.94. The van der Waals surface area contributed by atoms with Crippen molar-refractivity contribution in [2.24, 2.45) is 0 Å². The van der Waals surface area contributed by atoms with Crippen molar-refractivity contribution in [2.45, 2.75) is 20.8 Å². The number of furan rings is 1. The Balaban J connectivity index is 0.000000306. The molecular formula is C23H20IrNO3-. The predicted molar refractivity (Wildman–Crippen MR) is 108 cm³/mol. The zero-order valence-corrected chi connectivity index (χ0v) is 18.2. The van der Waals surface area contributed by atoms with E-state index in [1.807, 2.05) is 36.4 Å². The van der Waals surface area contributed by atoms with Crippen LogP contribution in [0.25, 0.3) is 33.1 Å². The fraction of sp³-hybridized carbons (Fsp3) is 0.130. The molecule has 2 aromatic carbocycles. The van der Waals surface area contributed by atoms with E-state index in [1.54, 1.807) is 6.26 Å². The van der Waals surface area contributed by atoms with Crippen molar-refractivity contribution in [3.63, 3.8) is 0 Å². The minimum Gasteiger partial charge on any atom is -0.512 e. The van der Waals surface area contributed by atoms with Gasteiger partial charge in [0.25, 0.3) is 0 Å². The van der Waals surface area contributed by atoms with Crippen LogP contribution in [-0.2, 0) is 24.9 Å². The average Bonchev–Trinajstić information content (AvgIpc) is 3.11. The third kappa shape index (κ3) is 4.94. The number of carbonyl (C=O) groups is 1. The molecule has 145 valence electrons. The van der Waals surface area contributed by atoms with Crippen molar-refractivity contribution in [1.29, 1.82) is 0 Å². The second-order valence-electron chi connectivity index (χ2n) is 6.32. The van der Waals surface area contributed by atoms with Crippen LogP contribution in [0.4, 0.5) is 0 Å². The standard InChI is InChI=1S/C18H12NO.C5H8O2.Ir/c1-12-6-8-13(9-7-12)17-15-10-11-20-18(15)14-4-2-3-5-16(14)19-17;1-4(6)3-5(2)7;/h2-8,10-11H,1H3;3,6H,1-2H3;/q-1;;/b;4-3-;. The van der Waals surface area contributed by atoms with Crippen LogP contribution in [0.15, 0.2) is 71.0 Å². The normalized spacial score (nSPS) is 10.9. The van der Waals surface area contributed by atoms with Gasteiger partial charge >= 0.3 is 0 Å². The van der Waals surface area contributed by atoms with Crippen molar-refractivity contribution in [2.75, 3.05) is 0 Å². The monoisotopic (exact) mass is 551 g/mol. The Kier molecular flexibility index (Phi) is 7.27. The van der Waals surface area contributed by atoms with E-state index in [1.165, 1.54) is 25.5 Å². The fourth-order valence-corrected chi connectivity index (χ4v) is 2.80. The number of aromatic nitrogens is 1. The van der Waals surface area contributed by atoms with Crippen LogP contribution in [0.3, 0.4) is 0 Å². The topological polar surface area (TPSA) is 63.3 Å². The Bertz CT molecular complexity index is 1120. The molecular weight excluding hydrogens is 530 g/mol. The van der Waals surface area contributed by atoms with Crippen LogP contribution in [0.2, 0.25) is 0 Å². The number of fused-ring (bicyclic) bond motifs is 3. The molecule has 0 bridgehead atoms. The number of hydrogen-bond donors (Lipinski definition) is 1. The first kappa shape index (κ1) is 21.5. The largest absolute Gasteiger partial charge is 0.512 e. The van der Waals surface area contributed by atoms with Crippen molar-refractivity contribution >= 4 is 27.7 Å². The first-order valence-electron chi connectivity index (χ1n) is 8.58. The SMILES string of the molecule is CC(=O)/C=C(/C)O.Cc1c[c-]c(-c2nc3ccccc3c3occc23)cc1.[Ir]. The maximum absolute atomic E-state index is 10.0. The summed E-state index contributed by atoms with van der Waals surface area (Å²) in [4.78, 5) is 14.8. The molecule has 4 nitrogen and oxygen atoms in total. The first-order chi connectivity index (χ1) is 13.0. The van der Waals surface area contributed by atoms with Crippen molar-refractivity contribution in [1.82, 2.24) is 4.98 Å². The van der Waals surface area contributed by atoms with Gasteiger partial charge in [-0.1, -0.05) is 19.1 Å². The van der Waals surface area contributed by atoms with Gasteiger partial charge in [0.15, 0.2) is 5.78 Å². The smallest absolute Gasteiger partial charge is 0.155 e. The number of carbonyl (C=O) groups excluding carboxylic acids is 1. The van der Waals surface area contributed by atoms with Gasteiger partial charge in [-0.2, -0.15) is 0 Å². The number of hydrogen-bond acceptors (Lipinski definition) is 4. The van der Waals surface area contributed by atoms with E-state index < -0.39 is 0 Å². The average molecular weight is 551 g/mol. The van der Waals surface area contributed by atoms with Gasteiger partial charge in [0, 0.05) is 37.0 Å². The molecule has 2 aromatic heterocycles. The summed E-state index contributed by atoms with van der Waals surface area (Å²) in [6, 6.07) is 19.4. The molecule has 5 heteroatoms. The molecule has 0 spiro atoms. The van der Waals surface area contributed by atoms with E-state index in [-0.39, 0.29) is 31.6 Å². The van der Waals surface area contributed by atoms with Gasteiger partial charge in [0.2, 0.25) is 0 Å². The molecule has 0 atom stereocenters. The molecule has 0 fully saturated rings. The quantitative estimate of drug-likeness (QED) is 0.195. The molecule has 0 unspecified atom stereocenters. The number of allylic oxidation sites excluding steroid dienone is 2. The Morgan fingerprint density at radius 3 is 2.46 bits per heavy atom. The van der Waals surface area contributed by atoms with Crippen molar-refractivity contribution in [3.05, 3.63) is 78.3 Å². The summed E-state index contributed by atoms with van der Waals surface area (Å²) in [7, 11) is 0. The second kappa shape index (κ2) is 9.45. The Morgan fingerprint density at radius 1 is 1.11 bits per heavy atom. The van der Waals surface area contributed by atoms with Crippen molar-refractivity contribution < 1.29 is 34.4 Å². The van der Waals surface area contributed by atoms with Gasteiger partial charge in [0.1, 0.15) is 5.58 Å². The summed E-state index contributed by atoms with van der Waals surface area (Å²) in [5, 5.41) is 10.4. The van der Waals surface area contributed by atoms with E-state index in [0.717, 1.165) is 33.1 Å². The van der Waals surface area contributed by atoms with Crippen molar-refractivity contribution in [3.8, 4) is 11.3 Å². The predicted octanol–water partition coefficient (Wildman–Crippen LogP) is 5.79. The molecule has 1 N–H and O–H groups in total. The maximum Gasteiger partial charge on any atom is 0.155 e. The molecule has 28 heavy (non-hydrogen) atoms. The fourth-order valence-electron chi connectivity index (χ4n) is 2.80. The van der Waals surface area contributed by atoms with Gasteiger partial charge in [-0.05, 0) is 37.7 Å². The van der Waals surface area contributed by atoms with Gasteiger partial charge in [0.05, 0.1) is 17.5 Å². The molecule has 0 saturated carbocycles. The van der Waals surface area contributed by atoms with Gasteiger partial charge < -0.3 is 9.52 Å². The maximum atomic E-state index is 10.0. The summed E-state index contributed by atoms with van der Waals surface area (Å²) >= 11 is 0. The zero-order valence-electron chi connectivity index (χ0n) is 15.8. The number of nitrogens with zero attached hydrogens (tertiary/aromatic N) is 1. The summed E-state index contributed by atoms with van der Waals surface area (Å²) in [6.45, 7) is 4.91. The molecule has 4 rings (SSSR count). The zero-order chi connectivity index (χ0) is 19.4. The van der Waals surface area contributed by atoms with Crippen LogP contribution in [0.5, 0.6) is 0 Å². The number of ketones is 1. The third-order valence-corrected chi connectivity index (χ3v) is 3.94. The molecule has 0 saturated heterocycles. The minimum absolute atomic E-state index is 0. The Labute approximate surface area is 177 Å². The molecule has 0 aliphatic carbocycles. The molecule has 1 radical (unpaired) electrons.